The molecule has 2 atom stereocenters. The molecule has 0 aromatic rings. The predicted molar refractivity (Wildman–Crippen MR) is 66.0 cm³/mol. The van der Waals surface area contributed by atoms with Crippen LogP contribution < -0.4 is 5.73 Å². The lowest BCUT2D eigenvalue weighted by atomic mass is 9.83. The van der Waals surface area contributed by atoms with Crippen LogP contribution in [0.15, 0.2) is 0 Å². The summed E-state index contributed by atoms with van der Waals surface area (Å²) in [5, 5.41) is 0. The topological polar surface area (TPSA) is 53.7 Å². The molecule has 100 valence electrons. The maximum Gasteiger partial charge on any atom is 0.0872 e. The summed E-state index contributed by atoms with van der Waals surface area (Å²) >= 11 is 0. The summed E-state index contributed by atoms with van der Waals surface area (Å²) in [6.45, 7) is 2.45. The molecular formula is C13H25NO3. The van der Waals surface area contributed by atoms with Gasteiger partial charge in [-0.15, -0.1) is 0 Å². The smallest absolute Gasteiger partial charge is 0.0872 e. The van der Waals surface area contributed by atoms with Crippen molar-refractivity contribution in [2.24, 2.45) is 5.73 Å². The molecule has 17 heavy (non-hydrogen) atoms. The van der Waals surface area contributed by atoms with Gasteiger partial charge in [-0.05, 0) is 25.7 Å². The van der Waals surface area contributed by atoms with Gasteiger partial charge in [0.05, 0.1) is 11.7 Å². The summed E-state index contributed by atoms with van der Waals surface area (Å²) < 4.78 is 16.7. The molecule has 0 spiro atoms. The second-order valence-corrected chi connectivity index (χ2v) is 5.20. The van der Waals surface area contributed by atoms with Crippen molar-refractivity contribution in [1.82, 2.24) is 0 Å². The normalized spacial score (nSPS) is 30.4. The van der Waals surface area contributed by atoms with Gasteiger partial charge in [-0.1, -0.05) is 0 Å². The van der Waals surface area contributed by atoms with Crippen LogP contribution in [0.2, 0.25) is 0 Å². The van der Waals surface area contributed by atoms with Gasteiger partial charge in [0.2, 0.25) is 0 Å². The lowest BCUT2D eigenvalue weighted by Crippen LogP contribution is -2.53. The van der Waals surface area contributed by atoms with E-state index in [9.17, 15) is 0 Å². The van der Waals surface area contributed by atoms with E-state index in [4.69, 9.17) is 19.9 Å². The number of hydrogen-bond donors (Lipinski definition) is 1. The highest BCUT2D eigenvalue weighted by atomic mass is 16.5. The zero-order chi connectivity index (χ0) is 12.1. The molecular weight excluding hydrogens is 218 g/mol. The molecule has 2 heterocycles. The lowest BCUT2D eigenvalue weighted by Gasteiger charge is -2.40. The summed E-state index contributed by atoms with van der Waals surface area (Å²) in [5.41, 5.74) is 6.17. The largest absolute Gasteiger partial charge is 0.381 e. The summed E-state index contributed by atoms with van der Waals surface area (Å²) in [6.07, 6.45) is 6.69. The van der Waals surface area contributed by atoms with Gasteiger partial charge in [0.25, 0.3) is 0 Å². The van der Waals surface area contributed by atoms with Crippen molar-refractivity contribution in [3.05, 3.63) is 0 Å². The first-order valence-corrected chi connectivity index (χ1v) is 6.77. The van der Waals surface area contributed by atoms with Crippen LogP contribution in [-0.2, 0) is 14.2 Å². The third kappa shape index (κ3) is 3.19. The molecule has 2 rings (SSSR count). The Morgan fingerprint density at radius 1 is 1.35 bits per heavy atom. The molecule has 0 saturated carbocycles. The first-order valence-electron chi connectivity index (χ1n) is 6.77. The van der Waals surface area contributed by atoms with E-state index in [1.807, 2.05) is 0 Å². The highest BCUT2D eigenvalue weighted by Crippen LogP contribution is 2.30. The molecule has 2 unspecified atom stereocenters. The van der Waals surface area contributed by atoms with Crippen molar-refractivity contribution in [1.29, 1.82) is 0 Å². The fraction of sp³-hybridized carbons (Fsp3) is 1.00. The van der Waals surface area contributed by atoms with Crippen molar-refractivity contribution >= 4 is 0 Å². The fourth-order valence-corrected chi connectivity index (χ4v) is 2.94. The SMILES string of the molecule is COC1(C(N)CCC2CCCO2)CCOCC1. The second kappa shape index (κ2) is 6.14. The van der Waals surface area contributed by atoms with Crippen LogP contribution in [0.4, 0.5) is 0 Å². The maximum atomic E-state index is 6.34. The van der Waals surface area contributed by atoms with Gasteiger partial charge in [-0.2, -0.15) is 0 Å². The quantitative estimate of drug-likeness (QED) is 0.794. The van der Waals surface area contributed by atoms with Gasteiger partial charge in [0.1, 0.15) is 0 Å². The first kappa shape index (κ1) is 13.3. The third-order valence-corrected chi connectivity index (χ3v) is 4.25. The molecule has 4 nitrogen and oxygen atoms in total. The number of methoxy groups -OCH3 is 1. The number of hydrogen-bond acceptors (Lipinski definition) is 4. The molecule has 2 saturated heterocycles. The Kier molecular flexibility index (Phi) is 4.79. The van der Waals surface area contributed by atoms with Crippen molar-refractivity contribution < 1.29 is 14.2 Å². The average molecular weight is 243 g/mol. The zero-order valence-electron chi connectivity index (χ0n) is 10.8. The van der Waals surface area contributed by atoms with Crippen LogP contribution in [0.1, 0.15) is 38.5 Å². The molecule has 0 amide bonds. The number of rotatable bonds is 5. The molecule has 2 aliphatic heterocycles. The van der Waals surface area contributed by atoms with Crippen LogP contribution in [0.25, 0.3) is 0 Å². The van der Waals surface area contributed by atoms with Crippen LogP contribution in [0, 0.1) is 0 Å². The second-order valence-electron chi connectivity index (χ2n) is 5.20. The van der Waals surface area contributed by atoms with E-state index in [1.54, 1.807) is 7.11 Å². The number of nitrogens with two attached hydrogens (primary N) is 1. The van der Waals surface area contributed by atoms with E-state index < -0.39 is 0 Å². The molecule has 0 aromatic heterocycles. The molecule has 4 heteroatoms. The third-order valence-electron chi connectivity index (χ3n) is 4.25. The molecule has 2 N–H and O–H groups in total. The van der Waals surface area contributed by atoms with E-state index in [-0.39, 0.29) is 11.6 Å². The molecule has 0 bridgehead atoms. The number of ether oxygens (including phenoxy) is 3. The molecule has 0 aliphatic carbocycles. The monoisotopic (exact) mass is 243 g/mol. The van der Waals surface area contributed by atoms with Gasteiger partial charge in [-0.3, -0.25) is 0 Å². The van der Waals surface area contributed by atoms with E-state index in [2.05, 4.69) is 0 Å². The zero-order valence-corrected chi connectivity index (χ0v) is 10.8. The average Bonchev–Trinajstić information content (AvgIpc) is 2.90. The summed E-state index contributed by atoms with van der Waals surface area (Å²) in [6, 6.07) is 0.0978. The van der Waals surface area contributed by atoms with E-state index in [0.717, 1.165) is 45.5 Å². The fourth-order valence-electron chi connectivity index (χ4n) is 2.94. The Hall–Kier alpha value is -0.160. The Morgan fingerprint density at radius 3 is 2.71 bits per heavy atom. The Bertz CT molecular complexity index is 223. The van der Waals surface area contributed by atoms with Crippen molar-refractivity contribution in [2.45, 2.75) is 56.3 Å². The minimum absolute atomic E-state index is 0.0978. The first-order chi connectivity index (χ1) is 8.27. The van der Waals surface area contributed by atoms with E-state index >= 15 is 0 Å². The Labute approximate surface area is 104 Å². The van der Waals surface area contributed by atoms with Crippen molar-refractivity contribution in [2.75, 3.05) is 26.9 Å². The van der Waals surface area contributed by atoms with E-state index in [0.29, 0.717) is 6.10 Å². The minimum Gasteiger partial charge on any atom is -0.381 e. The highest BCUT2D eigenvalue weighted by molar-refractivity contribution is 4.93. The summed E-state index contributed by atoms with van der Waals surface area (Å²) in [5.74, 6) is 0. The molecule has 0 radical (unpaired) electrons. The Morgan fingerprint density at radius 2 is 2.12 bits per heavy atom. The van der Waals surface area contributed by atoms with Crippen molar-refractivity contribution in [3.8, 4) is 0 Å². The summed E-state index contributed by atoms with van der Waals surface area (Å²) in [7, 11) is 1.78. The molecule has 0 aromatic carbocycles. The maximum absolute atomic E-state index is 6.34. The summed E-state index contributed by atoms with van der Waals surface area (Å²) in [4.78, 5) is 0. The minimum atomic E-state index is -0.170. The van der Waals surface area contributed by atoms with Gasteiger partial charge in [-0.25, -0.2) is 0 Å². The lowest BCUT2D eigenvalue weighted by molar-refractivity contribution is -0.106. The van der Waals surface area contributed by atoms with Gasteiger partial charge >= 0.3 is 0 Å². The van der Waals surface area contributed by atoms with Crippen LogP contribution in [-0.4, -0.2) is 44.7 Å². The van der Waals surface area contributed by atoms with E-state index in [1.165, 1.54) is 12.8 Å². The van der Waals surface area contributed by atoms with Gasteiger partial charge in [0.15, 0.2) is 0 Å². The molecule has 2 fully saturated rings. The predicted octanol–water partition coefficient (Wildman–Crippen LogP) is 1.47. The Balaban J connectivity index is 1.81. The standard InChI is InChI=1S/C13H25NO3/c1-15-13(6-9-16-10-7-13)12(14)5-4-11-3-2-8-17-11/h11-12H,2-10,14H2,1H3. The van der Waals surface area contributed by atoms with Crippen molar-refractivity contribution in [3.63, 3.8) is 0 Å². The van der Waals surface area contributed by atoms with Crippen LogP contribution >= 0.6 is 0 Å². The van der Waals surface area contributed by atoms with Gasteiger partial charge < -0.3 is 19.9 Å². The van der Waals surface area contributed by atoms with Crippen LogP contribution in [0.3, 0.4) is 0 Å². The highest BCUT2D eigenvalue weighted by Gasteiger charge is 2.38. The molecule has 2 aliphatic rings. The van der Waals surface area contributed by atoms with Crippen LogP contribution in [0.5, 0.6) is 0 Å². The van der Waals surface area contributed by atoms with Gasteiger partial charge in [0, 0.05) is 45.8 Å².